The Bertz CT molecular complexity index is 257. The molecule has 0 amide bonds. The van der Waals surface area contributed by atoms with Crippen molar-refractivity contribution in [3.05, 3.63) is 5.82 Å². The SMILES string of the molecule is CCc1nnn(CC(=O)O)n1. The minimum Gasteiger partial charge on any atom is -0.480 e. The van der Waals surface area contributed by atoms with Gasteiger partial charge in [-0.25, -0.2) is 0 Å². The third kappa shape index (κ3) is 1.99. The summed E-state index contributed by atoms with van der Waals surface area (Å²) in [5, 5.41) is 19.2. The van der Waals surface area contributed by atoms with E-state index in [4.69, 9.17) is 5.11 Å². The highest BCUT2D eigenvalue weighted by Crippen LogP contribution is 1.86. The molecular weight excluding hydrogens is 148 g/mol. The van der Waals surface area contributed by atoms with E-state index in [1.165, 1.54) is 0 Å². The third-order valence-corrected chi connectivity index (χ3v) is 1.09. The van der Waals surface area contributed by atoms with Gasteiger partial charge in [-0.2, -0.15) is 4.80 Å². The molecule has 6 heteroatoms. The number of carboxylic acid groups (broad SMARTS) is 1. The number of aryl methyl sites for hydroxylation is 1. The van der Waals surface area contributed by atoms with Crippen LogP contribution in [0.4, 0.5) is 0 Å². The van der Waals surface area contributed by atoms with Gasteiger partial charge in [0.1, 0.15) is 0 Å². The van der Waals surface area contributed by atoms with Crippen LogP contribution in [0.25, 0.3) is 0 Å². The quantitative estimate of drug-likeness (QED) is 0.627. The van der Waals surface area contributed by atoms with E-state index < -0.39 is 5.97 Å². The van der Waals surface area contributed by atoms with Crippen LogP contribution in [-0.2, 0) is 17.8 Å². The predicted octanol–water partition coefficient (Wildman–Crippen LogP) is -0.680. The van der Waals surface area contributed by atoms with E-state index in [1.807, 2.05) is 6.92 Å². The minimum absolute atomic E-state index is 0.229. The largest absolute Gasteiger partial charge is 0.480 e. The van der Waals surface area contributed by atoms with E-state index >= 15 is 0 Å². The van der Waals surface area contributed by atoms with Crippen molar-refractivity contribution in [1.29, 1.82) is 0 Å². The van der Waals surface area contributed by atoms with Gasteiger partial charge in [-0.3, -0.25) is 4.79 Å². The average molecular weight is 156 g/mol. The van der Waals surface area contributed by atoms with Gasteiger partial charge in [-0.1, -0.05) is 6.92 Å². The summed E-state index contributed by atoms with van der Waals surface area (Å²) in [4.78, 5) is 11.2. The molecular formula is C5H8N4O2. The monoisotopic (exact) mass is 156 g/mol. The van der Waals surface area contributed by atoms with Crippen LogP contribution in [0.1, 0.15) is 12.7 Å². The number of carbonyl (C=O) groups is 1. The Morgan fingerprint density at radius 1 is 1.73 bits per heavy atom. The van der Waals surface area contributed by atoms with Crippen molar-refractivity contribution in [1.82, 2.24) is 20.2 Å². The molecule has 1 rings (SSSR count). The molecule has 60 valence electrons. The van der Waals surface area contributed by atoms with Crippen LogP contribution < -0.4 is 0 Å². The molecule has 0 unspecified atom stereocenters. The fourth-order valence-electron chi connectivity index (χ4n) is 0.606. The van der Waals surface area contributed by atoms with Gasteiger partial charge >= 0.3 is 5.97 Å². The summed E-state index contributed by atoms with van der Waals surface area (Å²) < 4.78 is 0. The van der Waals surface area contributed by atoms with Gasteiger partial charge in [0, 0.05) is 6.42 Å². The minimum atomic E-state index is -0.968. The predicted molar refractivity (Wildman–Crippen MR) is 34.8 cm³/mol. The first-order valence-corrected chi connectivity index (χ1v) is 3.21. The number of nitrogens with zero attached hydrogens (tertiary/aromatic N) is 4. The molecule has 0 atom stereocenters. The summed E-state index contributed by atoms with van der Waals surface area (Å²) >= 11 is 0. The van der Waals surface area contributed by atoms with Gasteiger partial charge in [-0.05, 0) is 5.21 Å². The zero-order valence-corrected chi connectivity index (χ0v) is 6.06. The number of aromatic nitrogens is 4. The molecule has 0 bridgehead atoms. The van der Waals surface area contributed by atoms with Gasteiger partial charge in [0.2, 0.25) is 0 Å². The standard InChI is InChI=1S/C5H8N4O2/c1-2-4-6-8-9(7-4)3-5(10)11/h2-3H2,1H3,(H,10,11). The lowest BCUT2D eigenvalue weighted by molar-refractivity contribution is -0.138. The smallest absolute Gasteiger partial charge is 0.327 e. The Morgan fingerprint density at radius 2 is 2.45 bits per heavy atom. The fourth-order valence-corrected chi connectivity index (χ4v) is 0.606. The summed E-state index contributed by atoms with van der Waals surface area (Å²) in [6.45, 7) is 1.65. The van der Waals surface area contributed by atoms with Gasteiger partial charge < -0.3 is 5.11 Å². The number of hydrogen-bond donors (Lipinski definition) is 1. The molecule has 1 aromatic heterocycles. The van der Waals surface area contributed by atoms with Crippen molar-refractivity contribution in [3.8, 4) is 0 Å². The van der Waals surface area contributed by atoms with Crippen molar-refractivity contribution in [2.75, 3.05) is 0 Å². The van der Waals surface area contributed by atoms with E-state index in [-0.39, 0.29) is 6.54 Å². The molecule has 0 radical (unpaired) electrons. The molecule has 1 aromatic rings. The van der Waals surface area contributed by atoms with Crippen LogP contribution in [0, 0.1) is 0 Å². The van der Waals surface area contributed by atoms with Gasteiger partial charge in [0.15, 0.2) is 12.4 Å². The van der Waals surface area contributed by atoms with Gasteiger partial charge in [-0.15, -0.1) is 10.2 Å². The van der Waals surface area contributed by atoms with Crippen LogP contribution in [-0.4, -0.2) is 31.3 Å². The Kier molecular flexibility index (Phi) is 2.15. The van der Waals surface area contributed by atoms with Crippen LogP contribution in [0.2, 0.25) is 0 Å². The summed E-state index contributed by atoms with van der Waals surface area (Å²) in [5.41, 5.74) is 0. The summed E-state index contributed by atoms with van der Waals surface area (Å²) in [6, 6.07) is 0. The first kappa shape index (κ1) is 7.64. The molecule has 0 saturated carbocycles. The van der Waals surface area contributed by atoms with Crippen molar-refractivity contribution < 1.29 is 9.90 Å². The number of carboxylic acids is 1. The Morgan fingerprint density at radius 3 is 2.91 bits per heavy atom. The lowest BCUT2D eigenvalue weighted by Crippen LogP contribution is -2.11. The number of rotatable bonds is 3. The van der Waals surface area contributed by atoms with E-state index in [1.54, 1.807) is 0 Å². The highest BCUT2D eigenvalue weighted by molar-refractivity contribution is 5.66. The third-order valence-electron chi connectivity index (χ3n) is 1.09. The normalized spacial score (nSPS) is 9.91. The number of hydrogen-bond acceptors (Lipinski definition) is 4. The molecule has 0 aliphatic carbocycles. The van der Waals surface area contributed by atoms with Crippen molar-refractivity contribution in [2.24, 2.45) is 0 Å². The number of tetrazole rings is 1. The summed E-state index contributed by atoms with van der Waals surface area (Å²) in [7, 11) is 0. The Hall–Kier alpha value is -1.46. The van der Waals surface area contributed by atoms with Crippen molar-refractivity contribution in [2.45, 2.75) is 19.9 Å². The maximum absolute atomic E-state index is 10.1. The molecule has 1 N–H and O–H groups in total. The second-order valence-electron chi connectivity index (χ2n) is 1.98. The van der Waals surface area contributed by atoms with Crippen molar-refractivity contribution >= 4 is 5.97 Å². The van der Waals surface area contributed by atoms with Crippen LogP contribution in [0.3, 0.4) is 0 Å². The van der Waals surface area contributed by atoms with Gasteiger partial charge in [0.25, 0.3) is 0 Å². The van der Waals surface area contributed by atoms with Crippen LogP contribution in [0.15, 0.2) is 0 Å². The second kappa shape index (κ2) is 3.09. The molecule has 6 nitrogen and oxygen atoms in total. The first-order chi connectivity index (χ1) is 5.22. The second-order valence-corrected chi connectivity index (χ2v) is 1.98. The molecule has 0 fully saturated rings. The molecule has 0 spiro atoms. The van der Waals surface area contributed by atoms with Gasteiger partial charge in [0.05, 0.1) is 0 Å². The van der Waals surface area contributed by atoms with E-state index in [0.29, 0.717) is 12.2 Å². The molecule has 0 saturated heterocycles. The highest BCUT2D eigenvalue weighted by Gasteiger charge is 2.03. The maximum atomic E-state index is 10.1. The molecule has 1 heterocycles. The zero-order valence-electron chi connectivity index (χ0n) is 6.06. The molecule has 0 aliphatic heterocycles. The lowest BCUT2D eigenvalue weighted by Gasteiger charge is -1.88. The summed E-state index contributed by atoms with van der Waals surface area (Å²) in [6.07, 6.45) is 0.666. The molecule has 0 aromatic carbocycles. The van der Waals surface area contributed by atoms with E-state index in [9.17, 15) is 4.79 Å². The van der Waals surface area contributed by atoms with Crippen LogP contribution in [0.5, 0.6) is 0 Å². The molecule has 11 heavy (non-hydrogen) atoms. The van der Waals surface area contributed by atoms with E-state index in [0.717, 1.165) is 4.80 Å². The highest BCUT2D eigenvalue weighted by atomic mass is 16.4. The summed E-state index contributed by atoms with van der Waals surface area (Å²) in [5.74, 6) is -0.406. The molecule has 0 aliphatic rings. The average Bonchev–Trinajstić information content (AvgIpc) is 2.34. The zero-order chi connectivity index (χ0) is 8.27. The lowest BCUT2D eigenvalue weighted by atomic mass is 10.5. The first-order valence-electron chi connectivity index (χ1n) is 3.21. The van der Waals surface area contributed by atoms with Crippen molar-refractivity contribution in [3.63, 3.8) is 0 Å². The van der Waals surface area contributed by atoms with E-state index in [2.05, 4.69) is 15.4 Å². The maximum Gasteiger partial charge on any atom is 0.327 e. The number of aliphatic carboxylic acids is 1. The Labute approximate surface area is 62.8 Å². The topological polar surface area (TPSA) is 80.9 Å². The Balaban J connectivity index is 2.65. The van der Waals surface area contributed by atoms with Crippen LogP contribution >= 0.6 is 0 Å². The fraction of sp³-hybridized carbons (Fsp3) is 0.600.